The Morgan fingerprint density at radius 1 is 1.06 bits per heavy atom. The predicted octanol–water partition coefficient (Wildman–Crippen LogP) is 2.95. The molecular formula is C21H22N4O6. The van der Waals surface area contributed by atoms with E-state index < -0.39 is 11.8 Å². The van der Waals surface area contributed by atoms with Gasteiger partial charge in [0.2, 0.25) is 11.6 Å². The Morgan fingerprint density at radius 3 is 2.32 bits per heavy atom. The van der Waals surface area contributed by atoms with Gasteiger partial charge in [0, 0.05) is 18.0 Å². The van der Waals surface area contributed by atoms with Crippen molar-refractivity contribution in [3.8, 4) is 23.1 Å². The molecule has 0 aliphatic carbocycles. The second-order valence-electron chi connectivity index (χ2n) is 6.44. The van der Waals surface area contributed by atoms with E-state index in [0.717, 1.165) is 5.52 Å². The van der Waals surface area contributed by atoms with Crippen molar-refractivity contribution in [2.75, 3.05) is 27.9 Å². The first-order valence-corrected chi connectivity index (χ1v) is 9.20. The van der Waals surface area contributed by atoms with Gasteiger partial charge in [0.15, 0.2) is 17.2 Å². The van der Waals surface area contributed by atoms with Crippen molar-refractivity contribution in [3.63, 3.8) is 0 Å². The van der Waals surface area contributed by atoms with Crippen LogP contribution in [0.5, 0.6) is 23.1 Å². The van der Waals surface area contributed by atoms with E-state index in [1.165, 1.54) is 33.5 Å². The summed E-state index contributed by atoms with van der Waals surface area (Å²) in [6.45, 7) is -0.384. The van der Waals surface area contributed by atoms with E-state index in [1.807, 2.05) is 12.1 Å². The highest BCUT2D eigenvalue weighted by atomic mass is 16.5. The number of rotatable bonds is 7. The first kappa shape index (κ1) is 21.6. The number of aromatic hydroxyl groups is 1. The zero-order valence-corrected chi connectivity index (χ0v) is 17.5. The maximum Gasteiger partial charge on any atom is 0.283 e. The van der Waals surface area contributed by atoms with Crippen LogP contribution in [0.1, 0.15) is 10.4 Å². The zero-order chi connectivity index (χ0) is 22.5. The van der Waals surface area contributed by atoms with E-state index >= 15 is 0 Å². The van der Waals surface area contributed by atoms with Crippen LogP contribution in [0.25, 0.3) is 10.9 Å². The number of hydrogen-bond donors (Lipinski definition) is 2. The Balaban J connectivity index is 1.72. The van der Waals surface area contributed by atoms with Crippen LogP contribution in [-0.2, 0) is 11.8 Å². The number of amides is 2. The number of aryl methyl sites for hydroxylation is 1. The first-order chi connectivity index (χ1) is 14.9. The van der Waals surface area contributed by atoms with Crippen LogP contribution < -0.4 is 19.5 Å². The maximum absolute atomic E-state index is 12.5. The molecule has 0 fully saturated rings. The molecule has 31 heavy (non-hydrogen) atoms. The molecule has 0 aliphatic heterocycles. The third-order valence-corrected chi connectivity index (χ3v) is 4.64. The normalized spacial score (nSPS) is 11.0. The van der Waals surface area contributed by atoms with Gasteiger partial charge in [0.05, 0.1) is 26.8 Å². The molecule has 3 rings (SSSR count). The number of fused-ring (bicyclic) bond motifs is 1. The van der Waals surface area contributed by atoms with E-state index in [0.29, 0.717) is 22.6 Å². The molecule has 0 saturated heterocycles. The van der Waals surface area contributed by atoms with Crippen molar-refractivity contribution < 1.29 is 28.9 Å². The molecule has 162 valence electrons. The molecule has 2 N–H and O–H groups in total. The topological polar surface area (TPSA) is 124 Å². The minimum atomic E-state index is -0.687. The summed E-state index contributed by atoms with van der Waals surface area (Å²) in [6, 6.07) is 10.1. The molecule has 0 radical (unpaired) electrons. The molecule has 10 nitrogen and oxygen atoms in total. The smallest absolute Gasteiger partial charge is 0.283 e. The number of benzene rings is 2. The highest BCUT2D eigenvalue weighted by Gasteiger charge is 2.18. The largest absolute Gasteiger partial charge is 0.493 e. The van der Waals surface area contributed by atoms with Gasteiger partial charge in [0.1, 0.15) is 6.54 Å². The van der Waals surface area contributed by atoms with Gasteiger partial charge in [-0.3, -0.25) is 9.59 Å². The van der Waals surface area contributed by atoms with E-state index in [1.54, 1.807) is 23.7 Å². The fourth-order valence-corrected chi connectivity index (χ4v) is 3.07. The molecule has 2 aromatic carbocycles. The van der Waals surface area contributed by atoms with E-state index in [2.05, 4.69) is 15.5 Å². The zero-order valence-electron chi connectivity index (χ0n) is 17.5. The van der Waals surface area contributed by atoms with Crippen LogP contribution in [0.3, 0.4) is 0 Å². The minimum Gasteiger partial charge on any atom is -0.493 e. The minimum absolute atomic E-state index is 0.112. The van der Waals surface area contributed by atoms with E-state index in [9.17, 15) is 14.7 Å². The molecule has 10 heteroatoms. The summed E-state index contributed by atoms with van der Waals surface area (Å²) in [5.74, 6) is -0.363. The highest BCUT2D eigenvalue weighted by Crippen LogP contribution is 2.38. The van der Waals surface area contributed by atoms with Crippen LogP contribution in [0.2, 0.25) is 0 Å². The van der Waals surface area contributed by atoms with Gasteiger partial charge in [-0.15, -0.1) is 10.2 Å². The number of ether oxygens (including phenoxy) is 3. The number of aromatic nitrogens is 1. The van der Waals surface area contributed by atoms with Crippen LogP contribution in [0, 0.1) is 0 Å². The van der Waals surface area contributed by atoms with Crippen molar-refractivity contribution in [2.45, 2.75) is 0 Å². The van der Waals surface area contributed by atoms with Gasteiger partial charge < -0.3 is 29.2 Å². The monoisotopic (exact) mass is 426 g/mol. The number of nitrogens with one attached hydrogen (secondary N) is 1. The number of methoxy groups -OCH3 is 3. The summed E-state index contributed by atoms with van der Waals surface area (Å²) in [4.78, 5) is 24.6. The molecule has 0 aliphatic rings. The Hall–Kier alpha value is -4.08. The maximum atomic E-state index is 12.5. The number of hydrogen-bond acceptors (Lipinski definition) is 7. The molecule has 0 spiro atoms. The molecule has 0 unspecified atom stereocenters. The lowest BCUT2D eigenvalue weighted by Gasteiger charge is -2.13. The average molecular weight is 426 g/mol. The Labute approximate surface area is 178 Å². The van der Waals surface area contributed by atoms with Gasteiger partial charge in [-0.25, -0.2) is 0 Å². The summed E-state index contributed by atoms with van der Waals surface area (Å²) in [6.07, 6.45) is 0. The number of azo groups is 1. The van der Waals surface area contributed by atoms with Crippen molar-refractivity contribution >= 4 is 28.4 Å². The van der Waals surface area contributed by atoms with Crippen molar-refractivity contribution in [2.24, 2.45) is 17.3 Å². The number of para-hydroxylation sites is 1. The number of carbonyl (C=O) groups excluding carboxylic acids is 2. The summed E-state index contributed by atoms with van der Waals surface area (Å²) >= 11 is 0. The molecule has 0 atom stereocenters. The van der Waals surface area contributed by atoms with Crippen molar-refractivity contribution in [3.05, 3.63) is 42.0 Å². The Kier molecular flexibility index (Phi) is 6.39. The SMILES string of the molecule is COc1cc(C(=O)NCC(=O)N=Nc2c(O)n(C)c3ccccc23)cc(OC)c1OC. The number of carbonyl (C=O) groups is 2. The first-order valence-electron chi connectivity index (χ1n) is 9.20. The summed E-state index contributed by atoms with van der Waals surface area (Å²) < 4.78 is 17.2. The third-order valence-electron chi connectivity index (χ3n) is 4.64. The summed E-state index contributed by atoms with van der Waals surface area (Å²) in [5, 5.41) is 20.8. The molecular weight excluding hydrogens is 404 g/mol. The lowest BCUT2D eigenvalue weighted by atomic mass is 10.1. The molecule has 0 saturated carbocycles. The van der Waals surface area contributed by atoms with Gasteiger partial charge in [-0.2, -0.15) is 0 Å². The summed E-state index contributed by atoms with van der Waals surface area (Å²) in [5.41, 5.74) is 1.14. The second kappa shape index (κ2) is 9.16. The highest BCUT2D eigenvalue weighted by molar-refractivity contribution is 5.98. The molecule has 2 amide bonds. The van der Waals surface area contributed by atoms with Crippen LogP contribution in [-0.4, -0.2) is 49.4 Å². The van der Waals surface area contributed by atoms with E-state index in [4.69, 9.17) is 14.2 Å². The van der Waals surface area contributed by atoms with Gasteiger partial charge >= 0.3 is 0 Å². The quantitative estimate of drug-likeness (QED) is 0.560. The fourth-order valence-electron chi connectivity index (χ4n) is 3.07. The molecule has 3 aromatic rings. The lowest BCUT2D eigenvalue weighted by Crippen LogP contribution is -2.28. The predicted molar refractivity (Wildman–Crippen MR) is 113 cm³/mol. The van der Waals surface area contributed by atoms with Gasteiger partial charge in [0.25, 0.3) is 11.8 Å². The van der Waals surface area contributed by atoms with Crippen molar-refractivity contribution in [1.29, 1.82) is 0 Å². The van der Waals surface area contributed by atoms with Gasteiger partial charge in [-0.1, -0.05) is 18.2 Å². The lowest BCUT2D eigenvalue weighted by molar-refractivity contribution is -0.117. The Morgan fingerprint density at radius 2 is 1.71 bits per heavy atom. The average Bonchev–Trinajstić information content (AvgIpc) is 3.04. The molecule has 1 aromatic heterocycles. The molecule has 0 bridgehead atoms. The Bertz CT molecular complexity index is 1140. The summed E-state index contributed by atoms with van der Waals surface area (Å²) in [7, 11) is 6.00. The fraction of sp³-hybridized carbons (Fsp3) is 0.238. The van der Waals surface area contributed by atoms with Crippen LogP contribution in [0.4, 0.5) is 5.69 Å². The standard InChI is InChI=1S/C21H22N4O6/c1-25-14-8-6-5-7-13(14)18(21(25)28)24-23-17(26)11-22-20(27)12-9-15(29-2)19(31-4)16(10-12)30-3/h5-10,28H,11H2,1-4H3,(H,22,27). The van der Waals surface area contributed by atoms with Crippen LogP contribution >= 0.6 is 0 Å². The second-order valence-corrected chi connectivity index (χ2v) is 6.44. The number of nitrogens with zero attached hydrogens (tertiary/aromatic N) is 3. The van der Waals surface area contributed by atoms with Gasteiger partial charge in [-0.05, 0) is 18.2 Å². The van der Waals surface area contributed by atoms with Crippen molar-refractivity contribution in [1.82, 2.24) is 9.88 Å². The van der Waals surface area contributed by atoms with E-state index in [-0.39, 0.29) is 23.7 Å². The van der Waals surface area contributed by atoms with Crippen LogP contribution in [0.15, 0.2) is 46.6 Å². The third kappa shape index (κ3) is 4.27. The molecule has 1 heterocycles.